The Bertz CT molecular complexity index is 1200. The molecule has 0 spiro atoms. The van der Waals surface area contributed by atoms with Gasteiger partial charge in [-0.1, -0.05) is 18.2 Å². The van der Waals surface area contributed by atoms with E-state index in [0.29, 0.717) is 11.1 Å². The number of nitrogens with zero attached hydrogens (tertiary/aromatic N) is 3. The first-order chi connectivity index (χ1) is 16.5. The summed E-state index contributed by atoms with van der Waals surface area (Å²) in [6.45, 7) is 5.54. The van der Waals surface area contributed by atoms with E-state index in [0.717, 1.165) is 4.88 Å². The molecule has 3 heterocycles. The number of rotatable bonds is 6. The highest BCUT2D eigenvalue weighted by atomic mass is 32.1. The number of thiophene rings is 1. The molecule has 184 valence electrons. The summed E-state index contributed by atoms with van der Waals surface area (Å²) in [5.41, 5.74) is 0.314. The number of hydrogen-bond donors (Lipinski definition) is 2. The van der Waals surface area contributed by atoms with Crippen molar-refractivity contribution in [3.05, 3.63) is 68.0 Å². The third-order valence-electron chi connectivity index (χ3n) is 5.53. The number of benzene rings is 1. The van der Waals surface area contributed by atoms with Crippen LogP contribution >= 0.6 is 11.3 Å². The van der Waals surface area contributed by atoms with Gasteiger partial charge in [-0.3, -0.25) is 19.7 Å². The molecular formula is C23H24N4O7S. The van der Waals surface area contributed by atoms with Crippen molar-refractivity contribution in [1.82, 2.24) is 15.3 Å². The summed E-state index contributed by atoms with van der Waals surface area (Å²) in [5.74, 6) is -2.95. The number of carbonyl (C=O) groups excluding carboxylic acids is 2. The van der Waals surface area contributed by atoms with E-state index in [9.17, 15) is 29.6 Å². The Morgan fingerprint density at radius 1 is 1.26 bits per heavy atom. The first kappa shape index (κ1) is 24.4. The minimum absolute atomic E-state index is 0.142. The normalized spacial score (nSPS) is 19.0. The van der Waals surface area contributed by atoms with Crippen LogP contribution in [0.1, 0.15) is 37.1 Å². The molecule has 0 radical (unpaired) electrons. The van der Waals surface area contributed by atoms with E-state index in [-0.39, 0.29) is 24.5 Å². The van der Waals surface area contributed by atoms with Crippen LogP contribution in [-0.2, 0) is 14.3 Å². The van der Waals surface area contributed by atoms with Crippen molar-refractivity contribution < 1.29 is 29.2 Å². The number of alkyl carbamates (subject to hydrolysis) is 1. The van der Waals surface area contributed by atoms with Gasteiger partial charge in [0.2, 0.25) is 0 Å². The number of non-ortho nitro benzene ring substituents is 1. The molecule has 1 aromatic heterocycles. The zero-order valence-corrected chi connectivity index (χ0v) is 20.1. The topological polar surface area (TPSA) is 142 Å². The van der Waals surface area contributed by atoms with E-state index >= 15 is 0 Å². The first-order valence-corrected chi connectivity index (χ1v) is 11.7. The molecule has 12 heteroatoms. The number of carboxylic acids is 1. The van der Waals surface area contributed by atoms with Crippen LogP contribution in [0.3, 0.4) is 0 Å². The molecule has 4 rings (SSSR count). The monoisotopic (exact) mass is 500 g/mol. The minimum atomic E-state index is -1.26. The van der Waals surface area contributed by atoms with Gasteiger partial charge in [0.05, 0.1) is 10.6 Å². The molecule has 0 bridgehead atoms. The molecule has 0 saturated carbocycles. The van der Waals surface area contributed by atoms with Crippen molar-refractivity contribution in [2.75, 3.05) is 13.1 Å². The molecule has 2 aliphatic heterocycles. The molecule has 1 aromatic carbocycles. The second-order valence-electron chi connectivity index (χ2n) is 9.16. The molecule has 1 fully saturated rings. The van der Waals surface area contributed by atoms with Gasteiger partial charge in [-0.25, -0.2) is 14.8 Å². The van der Waals surface area contributed by atoms with Crippen LogP contribution in [-0.4, -0.2) is 62.7 Å². The summed E-state index contributed by atoms with van der Waals surface area (Å²) in [7, 11) is 0. The molecule has 2 amide bonds. The number of hydrazine groups is 1. The number of nitro groups is 1. The standard InChI is InChI=1S/C23H24N4O7S/c1-23(2,3)34-22(31)24-16-12-25-11-15(17-5-4-10-35-17)19(26(25)20(16)28)18(21(29)30)13-6-8-14(9-7-13)27(32)33/h4-10,16,18H,11-12H2,1-3H3,(H,24,31)(H,29,30)/t16-,18?/m0/s1. The fraction of sp³-hybridized carbons (Fsp3) is 0.348. The van der Waals surface area contributed by atoms with Gasteiger partial charge in [0.1, 0.15) is 17.6 Å². The predicted molar refractivity (Wildman–Crippen MR) is 126 cm³/mol. The molecule has 11 nitrogen and oxygen atoms in total. The Morgan fingerprint density at radius 2 is 1.94 bits per heavy atom. The Morgan fingerprint density at radius 3 is 2.49 bits per heavy atom. The molecule has 2 aliphatic rings. The van der Waals surface area contributed by atoms with Gasteiger partial charge in [0, 0.05) is 35.7 Å². The summed E-state index contributed by atoms with van der Waals surface area (Å²) in [4.78, 5) is 49.5. The van der Waals surface area contributed by atoms with Gasteiger partial charge in [0.15, 0.2) is 0 Å². The average Bonchev–Trinajstić information content (AvgIpc) is 3.46. The van der Waals surface area contributed by atoms with Crippen molar-refractivity contribution in [2.45, 2.75) is 38.3 Å². The molecule has 2 N–H and O–H groups in total. The second-order valence-corrected chi connectivity index (χ2v) is 10.1. The summed E-state index contributed by atoms with van der Waals surface area (Å²) in [6, 6.07) is 8.00. The average molecular weight is 501 g/mol. The van der Waals surface area contributed by atoms with Gasteiger partial charge in [-0.05, 0) is 37.8 Å². The predicted octanol–water partition coefficient (Wildman–Crippen LogP) is 3.20. The van der Waals surface area contributed by atoms with Crippen molar-refractivity contribution in [1.29, 1.82) is 0 Å². The fourth-order valence-electron chi connectivity index (χ4n) is 4.17. The third-order valence-corrected chi connectivity index (χ3v) is 6.46. The minimum Gasteiger partial charge on any atom is -0.480 e. The molecule has 2 aromatic rings. The van der Waals surface area contributed by atoms with Crippen molar-refractivity contribution >= 4 is 40.6 Å². The summed E-state index contributed by atoms with van der Waals surface area (Å²) < 4.78 is 5.26. The zero-order valence-electron chi connectivity index (χ0n) is 19.3. The first-order valence-electron chi connectivity index (χ1n) is 10.8. The van der Waals surface area contributed by atoms with Crippen LogP contribution in [0.5, 0.6) is 0 Å². The summed E-state index contributed by atoms with van der Waals surface area (Å²) in [6.07, 6.45) is -0.743. The van der Waals surface area contributed by atoms with Crippen LogP contribution in [0.15, 0.2) is 47.5 Å². The van der Waals surface area contributed by atoms with Gasteiger partial charge in [-0.2, -0.15) is 0 Å². The lowest BCUT2D eigenvalue weighted by Crippen LogP contribution is -2.45. The fourth-order valence-corrected chi connectivity index (χ4v) is 4.94. The van der Waals surface area contributed by atoms with E-state index in [4.69, 9.17) is 4.74 Å². The van der Waals surface area contributed by atoms with Crippen molar-refractivity contribution in [2.24, 2.45) is 0 Å². The van der Waals surface area contributed by atoms with Crippen LogP contribution in [0.25, 0.3) is 5.57 Å². The molecule has 2 atom stereocenters. The highest BCUT2D eigenvalue weighted by Gasteiger charge is 2.50. The number of carboxylic acid groups (broad SMARTS) is 1. The molecular weight excluding hydrogens is 476 g/mol. The maximum Gasteiger partial charge on any atom is 0.408 e. The Kier molecular flexibility index (Phi) is 6.34. The van der Waals surface area contributed by atoms with Crippen LogP contribution in [0, 0.1) is 10.1 Å². The van der Waals surface area contributed by atoms with E-state index in [1.54, 1.807) is 25.8 Å². The third kappa shape index (κ3) is 4.88. The van der Waals surface area contributed by atoms with Gasteiger partial charge in [-0.15, -0.1) is 11.3 Å². The van der Waals surface area contributed by atoms with E-state index in [2.05, 4.69) is 5.32 Å². The lowest BCUT2D eigenvalue weighted by molar-refractivity contribution is -0.384. The van der Waals surface area contributed by atoms with Crippen LogP contribution in [0.4, 0.5) is 10.5 Å². The molecule has 1 saturated heterocycles. The largest absolute Gasteiger partial charge is 0.480 e. The lowest BCUT2D eigenvalue weighted by Gasteiger charge is -2.26. The number of aliphatic carboxylic acids is 1. The SMILES string of the molecule is CC(C)(C)OC(=O)N[C@H]1CN2CC(c3cccs3)=C(C(C(=O)O)c3ccc([N+](=O)[O-])cc3)N2C1=O. The molecule has 1 unspecified atom stereocenters. The summed E-state index contributed by atoms with van der Waals surface area (Å²) >= 11 is 1.42. The zero-order chi connectivity index (χ0) is 25.5. The maximum atomic E-state index is 13.4. The highest BCUT2D eigenvalue weighted by molar-refractivity contribution is 7.11. The summed E-state index contributed by atoms with van der Waals surface area (Å²) in [5, 5.41) is 28.7. The van der Waals surface area contributed by atoms with Gasteiger partial charge >= 0.3 is 12.1 Å². The Labute approximate surface area is 204 Å². The van der Waals surface area contributed by atoms with E-state index in [1.165, 1.54) is 40.6 Å². The smallest absolute Gasteiger partial charge is 0.408 e. The lowest BCUT2D eigenvalue weighted by atomic mass is 9.92. The van der Waals surface area contributed by atoms with E-state index in [1.807, 2.05) is 17.5 Å². The van der Waals surface area contributed by atoms with Crippen LogP contribution < -0.4 is 5.32 Å². The Balaban J connectivity index is 1.72. The van der Waals surface area contributed by atoms with Gasteiger partial charge in [0.25, 0.3) is 11.6 Å². The van der Waals surface area contributed by atoms with Crippen molar-refractivity contribution in [3.63, 3.8) is 0 Å². The number of nitro benzene ring substituents is 1. The molecule has 0 aliphatic carbocycles. The van der Waals surface area contributed by atoms with Crippen LogP contribution in [0.2, 0.25) is 0 Å². The molecule has 35 heavy (non-hydrogen) atoms. The quantitative estimate of drug-likeness (QED) is 0.455. The Hall–Kier alpha value is -3.77. The maximum absolute atomic E-state index is 13.4. The number of nitrogens with one attached hydrogen (secondary N) is 1. The number of fused-ring (bicyclic) bond motifs is 1. The number of hydrogen-bond acceptors (Lipinski definition) is 8. The number of amides is 2. The van der Waals surface area contributed by atoms with Crippen molar-refractivity contribution in [3.8, 4) is 0 Å². The van der Waals surface area contributed by atoms with Gasteiger partial charge < -0.3 is 15.2 Å². The number of ether oxygens (including phenoxy) is 1. The highest BCUT2D eigenvalue weighted by Crippen LogP contribution is 2.43. The second kappa shape index (κ2) is 9.12. The van der Waals surface area contributed by atoms with E-state index < -0.39 is 40.5 Å². The number of carbonyl (C=O) groups is 3.